The van der Waals surface area contributed by atoms with Crippen LogP contribution in [0.4, 0.5) is 5.69 Å². The third-order valence-electron chi connectivity index (χ3n) is 2.51. The predicted octanol–water partition coefficient (Wildman–Crippen LogP) is 4.37. The molecule has 0 saturated carbocycles. The molecule has 0 aliphatic heterocycles. The number of nitrogens with one attached hydrogen (secondary N) is 1. The number of hydrogen-bond donors (Lipinski definition) is 2. The molecule has 4 nitrogen and oxygen atoms in total. The summed E-state index contributed by atoms with van der Waals surface area (Å²) in [4.78, 5) is 11.8. The van der Waals surface area contributed by atoms with Gasteiger partial charge in [-0.15, -0.1) is 0 Å². The quantitative estimate of drug-likeness (QED) is 0.638. The Hall–Kier alpha value is -1.62. The number of carbonyl (C=O) groups is 1. The van der Waals surface area contributed by atoms with Crippen molar-refractivity contribution in [1.82, 2.24) is 0 Å². The van der Waals surface area contributed by atoms with Gasteiger partial charge in [-0.05, 0) is 18.2 Å². The van der Waals surface area contributed by atoms with Gasteiger partial charge in [-0.1, -0.05) is 46.9 Å². The molecule has 0 radical (unpaired) electrons. The summed E-state index contributed by atoms with van der Waals surface area (Å²) in [6, 6.07) is 9.23. The third kappa shape index (κ3) is 4.17. The zero-order valence-corrected chi connectivity index (χ0v) is 12.8. The van der Waals surface area contributed by atoms with Crippen LogP contribution in [0.2, 0.25) is 15.1 Å². The first-order valence-corrected chi connectivity index (χ1v) is 6.96. The highest BCUT2D eigenvalue weighted by atomic mass is 35.5. The number of phenolic OH excluding ortho intramolecular Hbond substituents is 1. The Bertz CT molecular complexity index is 677. The van der Waals surface area contributed by atoms with E-state index in [4.69, 9.17) is 39.5 Å². The highest BCUT2D eigenvalue weighted by Crippen LogP contribution is 2.33. The Balaban J connectivity index is 1.99. The van der Waals surface area contributed by atoms with Crippen LogP contribution in [0.25, 0.3) is 0 Å². The van der Waals surface area contributed by atoms with Crippen molar-refractivity contribution in [2.75, 3.05) is 11.9 Å². The molecule has 0 unspecified atom stereocenters. The van der Waals surface area contributed by atoms with Gasteiger partial charge in [0.15, 0.2) is 6.61 Å². The first-order valence-electron chi connectivity index (χ1n) is 5.82. The number of amides is 1. The molecule has 0 fully saturated rings. The summed E-state index contributed by atoms with van der Waals surface area (Å²) >= 11 is 17.6. The molecule has 0 bridgehead atoms. The summed E-state index contributed by atoms with van der Waals surface area (Å²) in [5, 5.41) is 12.9. The van der Waals surface area contributed by atoms with Gasteiger partial charge >= 0.3 is 0 Å². The minimum Gasteiger partial charge on any atom is -0.506 e. The molecular weight excluding hydrogens is 337 g/mol. The maximum absolute atomic E-state index is 11.8. The highest BCUT2D eigenvalue weighted by Gasteiger charge is 2.10. The first-order chi connectivity index (χ1) is 9.97. The van der Waals surface area contributed by atoms with Crippen molar-refractivity contribution in [3.8, 4) is 11.5 Å². The Kier molecular flexibility index (Phi) is 5.17. The van der Waals surface area contributed by atoms with Gasteiger partial charge < -0.3 is 15.2 Å². The van der Waals surface area contributed by atoms with Crippen LogP contribution >= 0.6 is 34.8 Å². The second-order valence-corrected chi connectivity index (χ2v) is 5.27. The van der Waals surface area contributed by atoms with Gasteiger partial charge in [0.05, 0.1) is 20.8 Å². The number of carbonyl (C=O) groups excluding carboxylic acids is 1. The van der Waals surface area contributed by atoms with E-state index in [-0.39, 0.29) is 28.2 Å². The molecule has 1 amide bonds. The van der Waals surface area contributed by atoms with Crippen molar-refractivity contribution >= 4 is 46.4 Å². The topological polar surface area (TPSA) is 58.6 Å². The molecule has 0 aliphatic rings. The van der Waals surface area contributed by atoms with Gasteiger partial charge in [0.1, 0.15) is 11.5 Å². The number of benzene rings is 2. The molecule has 0 spiro atoms. The zero-order valence-electron chi connectivity index (χ0n) is 10.6. The summed E-state index contributed by atoms with van der Waals surface area (Å²) in [5.41, 5.74) is 0.298. The van der Waals surface area contributed by atoms with Crippen LogP contribution in [0.1, 0.15) is 0 Å². The number of ether oxygens (including phenoxy) is 1. The number of para-hydroxylation sites is 2. The molecule has 2 aromatic rings. The summed E-state index contributed by atoms with van der Waals surface area (Å²) in [7, 11) is 0. The number of aromatic hydroxyl groups is 1. The summed E-state index contributed by atoms with van der Waals surface area (Å²) in [5.74, 6) is -0.226. The monoisotopic (exact) mass is 345 g/mol. The average molecular weight is 347 g/mol. The normalized spacial score (nSPS) is 10.2. The van der Waals surface area contributed by atoms with Crippen LogP contribution in [0.3, 0.4) is 0 Å². The van der Waals surface area contributed by atoms with Crippen LogP contribution in [0.5, 0.6) is 11.5 Å². The molecule has 2 rings (SSSR count). The van der Waals surface area contributed by atoms with E-state index in [1.54, 1.807) is 18.2 Å². The maximum atomic E-state index is 11.8. The standard InChI is InChI=1S/C14H10Cl3NO3/c15-8-5-10(17)13(6-9(8)16)21-7-14(20)18-11-3-1-2-4-12(11)19/h1-6,19H,7H2,(H,18,20). The van der Waals surface area contributed by atoms with Crippen molar-refractivity contribution in [1.29, 1.82) is 0 Å². The van der Waals surface area contributed by atoms with Gasteiger partial charge in [-0.25, -0.2) is 0 Å². The minimum absolute atomic E-state index is 0.0292. The lowest BCUT2D eigenvalue weighted by Gasteiger charge is -2.10. The Morgan fingerprint density at radius 2 is 1.76 bits per heavy atom. The number of halogens is 3. The van der Waals surface area contributed by atoms with E-state index in [9.17, 15) is 9.90 Å². The molecule has 0 aromatic heterocycles. The minimum atomic E-state index is -0.446. The fourth-order valence-electron chi connectivity index (χ4n) is 1.52. The van der Waals surface area contributed by atoms with Crippen LogP contribution in [-0.2, 0) is 4.79 Å². The zero-order chi connectivity index (χ0) is 15.4. The van der Waals surface area contributed by atoms with Crippen molar-refractivity contribution in [3.05, 3.63) is 51.5 Å². The Morgan fingerprint density at radius 3 is 2.48 bits per heavy atom. The second kappa shape index (κ2) is 6.89. The van der Waals surface area contributed by atoms with Gasteiger partial charge in [-0.3, -0.25) is 4.79 Å². The van der Waals surface area contributed by atoms with E-state index >= 15 is 0 Å². The molecule has 110 valence electrons. The van der Waals surface area contributed by atoms with Crippen molar-refractivity contribution in [2.24, 2.45) is 0 Å². The Labute approximate surface area is 136 Å². The van der Waals surface area contributed by atoms with Gasteiger partial charge in [0, 0.05) is 6.07 Å². The molecule has 0 saturated heterocycles. The molecule has 21 heavy (non-hydrogen) atoms. The van der Waals surface area contributed by atoms with E-state index in [0.29, 0.717) is 10.7 Å². The Morgan fingerprint density at radius 1 is 1.10 bits per heavy atom. The van der Waals surface area contributed by atoms with E-state index in [2.05, 4.69) is 5.32 Å². The molecule has 0 atom stereocenters. The molecule has 0 heterocycles. The molecular formula is C14H10Cl3NO3. The highest BCUT2D eigenvalue weighted by molar-refractivity contribution is 6.43. The third-order valence-corrected chi connectivity index (χ3v) is 3.53. The molecule has 7 heteroatoms. The van der Waals surface area contributed by atoms with Crippen LogP contribution < -0.4 is 10.1 Å². The number of phenols is 1. The second-order valence-electron chi connectivity index (χ2n) is 4.05. The summed E-state index contributed by atoms with van der Waals surface area (Å²) in [6.07, 6.45) is 0. The van der Waals surface area contributed by atoms with E-state index in [1.807, 2.05) is 0 Å². The number of rotatable bonds is 4. The molecule has 2 aromatic carbocycles. The van der Waals surface area contributed by atoms with Crippen LogP contribution in [0, 0.1) is 0 Å². The van der Waals surface area contributed by atoms with Gasteiger partial charge in [-0.2, -0.15) is 0 Å². The first kappa shape index (κ1) is 15.8. The van der Waals surface area contributed by atoms with E-state index in [1.165, 1.54) is 18.2 Å². The van der Waals surface area contributed by atoms with E-state index < -0.39 is 5.91 Å². The van der Waals surface area contributed by atoms with Crippen LogP contribution in [-0.4, -0.2) is 17.6 Å². The van der Waals surface area contributed by atoms with Crippen LogP contribution in [0.15, 0.2) is 36.4 Å². The lowest BCUT2D eigenvalue weighted by molar-refractivity contribution is -0.118. The lowest BCUT2D eigenvalue weighted by Crippen LogP contribution is -2.20. The van der Waals surface area contributed by atoms with Gasteiger partial charge in [0.25, 0.3) is 5.91 Å². The average Bonchev–Trinajstić information content (AvgIpc) is 2.44. The van der Waals surface area contributed by atoms with Gasteiger partial charge in [0.2, 0.25) is 0 Å². The SMILES string of the molecule is O=C(COc1cc(Cl)c(Cl)cc1Cl)Nc1ccccc1O. The molecule has 0 aliphatic carbocycles. The van der Waals surface area contributed by atoms with Crippen molar-refractivity contribution in [2.45, 2.75) is 0 Å². The number of anilines is 1. The fraction of sp³-hybridized carbons (Fsp3) is 0.0714. The van der Waals surface area contributed by atoms with Crippen molar-refractivity contribution < 1.29 is 14.6 Å². The maximum Gasteiger partial charge on any atom is 0.262 e. The lowest BCUT2D eigenvalue weighted by atomic mass is 10.3. The molecule has 2 N–H and O–H groups in total. The fourth-order valence-corrected chi connectivity index (χ4v) is 2.12. The predicted molar refractivity (Wildman–Crippen MR) is 83.7 cm³/mol. The summed E-state index contributed by atoms with van der Waals surface area (Å²) in [6.45, 7) is -0.286. The summed E-state index contributed by atoms with van der Waals surface area (Å²) < 4.78 is 5.28. The smallest absolute Gasteiger partial charge is 0.262 e. The van der Waals surface area contributed by atoms with E-state index in [0.717, 1.165) is 0 Å². The van der Waals surface area contributed by atoms with Crippen molar-refractivity contribution in [3.63, 3.8) is 0 Å². The largest absolute Gasteiger partial charge is 0.506 e. The number of hydrogen-bond acceptors (Lipinski definition) is 3.